The van der Waals surface area contributed by atoms with Crippen molar-refractivity contribution >= 4 is 28.7 Å². The molecule has 0 saturated carbocycles. The molecule has 1 aromatic carbocycles. The molecule has 1 rings (SSSR count). The van der Waals surface area contributed by atoms with E-state index in [-0.39, 0.29) is 5.69 Å². The van der Waals surface area contributed by atoms with Gasteiger partial charge in [0, 0.05) is 12.6 Å². The van der Waals surface area contributed by atoms with E-state index in [0.717, 1.165) is 13.0 Å². The average molecular weight is 254 g/mol. The Morgan fingerprint density at radius 2 is 2.18 bits per heavy atom. The SMILES string of the molecule is CCCNC(=S)NNc1ccccc1[N+](=O)[O-]. The molecule has 0 bridgehead atoms. The van der Waals surface area contributed by atoms with Crippen molar-refractivity contribution in [1.29, 1.82) is 0 Å². The van der Waals surface area contributed by atoms with E-state index in [1.165, 1.54) is 6.07 Å². The van der Waals surface area contributed by atoms with Gasteiger partial charge in [-0.1, -0.05) is 19.1 Å². The number of nitrogens with zero attached hydrogens (tertiary/aromatic N) is 1. The lowest BCUT2D eigenvalue weighted by atomic mass is 10.3. The van der Waals surface area contributed by atoms with Gasteiger partial charge >= 0.3 is 0 Å². The topological polar surface area (TPSA) is 79.2 Å². The largest absolute Gasteiger partial charge is 0.361 e. The summed E-state index contributed by atoms with van der Waals surface area (Å²) in [4.78, 5) is 10.3. The van der Waals surface area contributed by atoms with Crippen molar-refractivity contribution in [1.82, 2.24) is 10.7 Å². The van der Waals surface area contributed by atoms with Gasteiger partial charge in [0.1, 0.15) is 5.69 Å². The van der Waals surface area contributed by atoms with E-state index in [1.807, 2.05) is 6.92 Å². The van der Waals surface area contributed by atoms with Crippen molar-refractivity contribution in [3.05, 3.63) is 34.4 Å². The summed E-state index contributed by atoms with van der Waals surface area (Å²) in [6.45, 7) is 2.77. The highest BCUT2D eigenvalue weighted by Crippen LogP contribution is 2.21. The molecule has 0 saturated heterocycles. The van der Waals surface area contributed by atoms with Crippen LogP contribution < -0.4 is 16.2 Å². The number of hydrogen-bond acceptors (Lipinski definition) is 4. The monoisotopic (exact) mass is 254 g/mol. The van der Waals surface area contributed by atoms with Crippen molar-refractivity contribution in [2.75, 3.05) is 12.0 Å². The molecule has 17 heavy (non-hydrogen) atoms. The molecule has 0 aliphatic carbocycles. The van der Waals surface area contributed by atoms with Crippen LogP contribution in [0.25, 0.3) is 0 Å². The number of hydrogen-bond donors (Lipinski definition) is 3. The van der Waals surface area contributed by atoms with Crippen LogP contribution in [0, 0.1) is 10.1 Å². The molecule has 3 N–H and O–H groups in total. The van der Waals surface area contributed by atoms with Crippen LogP contribution >= 0.6 is 12.2 Å². The molecule has 92 valence electrons. The normalized spacial score (nSPS) is 9.47. The highest BCUT2D eigenvalue weighted by Gasteiger charge is 2.11. The van der Waals surface area contributed by atoms with Gasteiger partial charge < -0.3 is 5.32 Å². The Morgan fingerprint density at radius 3 is 2.82 bits per heavy atom. The lowest BCUT2D eigenvalue weighted by Gasteiger charge is -2.11. The van der Waals surface area contributed by atoms with Crippen molar-refractivity contribution in [2.24, 2.45) is 0 Å². The van der Waals surface area contributed by atoms with Crippen LogP contribution in [-0.2, 0) is 0 Å². The minimum atomic E-state index is -0.452. The lowest BCUT2D eigenvalue weighted by Crippen LogP contribution is -2.39. The van der Waals surface area contributed by atoms with Gasteiger partial charge in [0.15, 0.2) is 5.11 Å². The fraction of sp³-hybridized carbons (Fsp3) is 0.300. The first-order chi connectivity index (χ1) is 8.15. The zero-order valence-corrected chi connectivity index (χ0v) is 10.2. The van der Waals surface area contributed by atoms with Gasteiger partial charge in [0.05, 0.1) is 4.92 Å². The van der Waals surface area contributed by atoms with Gasteiger partial charge in [-0.2, -0.15) is 0 Å². The summed E-state index contributed by atoms with van der Waals surface area (Å²) in [7, 11) is 0. The molecule has 0 aromatic heterocycles. The first kappa shape index (κ1) is 13.2. The highest BCUT2D eigenvalue weighted by atomic mass is 32.1. The fourth-order valence-corrected chi connectivity index (χ4v) is 1.30. The van der Waals surface area contributed by atoms with E-state index < -0.39 is 4.92 Å². The van der Waals surface area contributed by atoms with Crippen LogP contribution in [0.4, 0.5) is 11.4 Å². The summed E-state index contributed by atoms with van der Waals surface area (Å²) < 4.78 is 0. The molecule has 0 unspecified atom stereocenters. The average Bonchev–Trinajstić information content (AvgIpc) is 2.34. The number of anilines is 1. The molecule has 0 amide bonds. The maximum atomic E-state index is 10.7. The molecule has 7 heteroatoms. The molecular weight excluding hydrogens is 240 g/mol. The van der Waals surface area contributed by atoms with Gasteiger partial charge in [-0.3, -0.25) is 21.0 Å². The molecule has 0 radical (unpaired) electrons. The first-order valence-electron chi connectivity index (χ1n) is 5.18. The molecule has 0 spiro atoms. The highest BCUT2D eigenvalue weighted by molar-refractivity contribution is 7.80. The maximum Gasteiger partial charge on any atom is 0.294 e. The van der Waals surface area contributed by atoms with Crippen molar-refractivity contribution in [3.63, 3.8) is 0 Å². The quantitative estimate of drug-likeness (QED) is 0.422. The molecule has 0 aliphatic heterocycles. The van der Waals surface area contributed by atoms with Crippen molar-refractivity contribution in [3.8, 4) is 0 Å². The fourth-order valence-electron chi connectivity index (χ4n) is 1.15. The van der Waals surface area contributed by atoms with Crippen LogP contribution in [0.15, 0.2) is 24.3 Å². The second kappa shape index (κ2) is 6.64. The Hall–Kier alpha value is -1.89. The number of thiocarbonyl (C=S) groups is 1. The predicted octanol–water partition coefficient (Wildman–Crippen LogP) is 1.80. The Bertz CT molecular complexity index is 411. The maximum absolute atomic E-state index is 10.7. The van der Waals surface area contributed by atoms with Crippen LogP contribution in [0.5, 0.6) is 0 Å². The molecule has 6 nitrogen and oxygen atoms in total. The third-order valence-corrected chi connectivity index (χ3v) is 2.19. The smallest absolute Gasteiger partial charge is 0.294 e. The number of para-hydroxylation sites is 2. The Morgan fingerprint density at radius 1 is 1.47 bits per heavy atom. The molecule has 0 aliphatic rings. The van der Waals surface area contributed by atoms with E-state index in [1.54, 1.807) is 18.2 Å². The third kappa shape index (κ3) is 4.23. The molecular formula is C10H14N4O2S. The predicted molar refractivity (Wildman–Crippen MR) is 70.7 cm³/mol. The Labute approximate surface area is 105 Å². The first-order valence-corrected chi connectivity index (χ1v) is 5.59. The number of nitro groups is 1. The summed E-state index contributed by atoms with van der Waals surface area (Å²) in [5, 5.41) is 14.1. The lowest BCUT2D eigenvalue weighted by molar-refractivity contribution is -0.384. The van der Waals surface area contributed by atoms with Crippen LogP contribution in [0.2, 0.25) is 0 Å². The van der Waals surface area contributed by atoms with Gasteiger partial charge in [-0.05, 0) is 24.7 Å². The van der Waals surface area contributed by atoms with E-state index in [2.05, 4.69) is 16.2 Å². The second-order valence-electron chi connectivity index (χ2n) is 3.28. The van der Waals surface area contributed by atoms with E-state index in [9.17, 15) is 10.1 Å². The van der Waals surface area contributed by atoms with E-state index >= 15 is 0 Å². The van der Waals surface area contributed by atoms with E-state index in [4.69, 9.17) is 12.2 Å². The third-order valence-electron chi connectivity index (χ3n) is 1.95. The standard InChI is InChI=1S/C10H14N4O2S/c1-2-7-11-10(17)13-12-8-5-3-4-6-9(8)14(15)16/h3-6,12H,2,7H2,1H3,(H2,11,13,17). The summed E-state index contributed by atoms with van der Waals surface area (Å²) >= 11 is 4.97. The van der Waals surface area contributed by atoms with Crippen molar-refractivity contribution < 1.29 is 4.92 Å². The summed E-state index contributed by atoms with van der Waals surface area (Å²) in [5.41, 5.74) is 5.77. The molecule has 1 aromatic rings. The Balaban J connectivity index is 2.57. The van der Waals surface area contributed by atoms with Gasteiger partial charge in [-0.15, -0.1) is 0 Å². The van der Waals surface area contributed by atoms with Crippen LogP contribution in [-0.4, -0.2) is 16.6 Å². The number of hydrazine groups is 1. The summed E-state index contributed by atoms with van der Waals surface area (Å²) in [5.74, 6) is 0. The minimum absolute atomic E-state index is 0.00158. The van der Waals surface area contributed by atoms with Crippen LogP contribution in [0.1, 0.15) is 13.3 Å². The number of benzene rings is 1. The molecule has 0 heterocycles. The Kier molecular flexibility index (Phi) is 5.15. The molecule has 0 atom stereocenters. The van der Waals surface area contributed by atoms with Gasteiger partial charge in [-0.25, -0.2) is 0 Å². The zero-order valence-electron chi connectivity index (χ0n) is 9.40. The summed E-state index contributed by atoms with van der Waals surface area (Å²) in [6, 6.07) is 6.34. The van der Waals surface area contributed by atoms with Gasteiger partial charge in [0.25, 0.3) is 5.69 Å². The number of nitrogens with one attached hydrogen (secondary N) is 3. The summed E-state index contributed by atoms with van der Waals surface area (Å²) in [6.07, 6.45) is 0.952. The van der Waals surface area contributed by atoms with Crippen LogP contribution in [0.3, 0.4) is 0 Å². The number of rotatable bonds is 5. The minimum Gasteiger partial charge on any atom is -0.361 e. The van der Waals surface area contributed by atoms with E-state index in [0.29, 0.717) is 10.8 Å². The second-order valence-corrected chi connectivity index (χ2v) is 3.69. The molecule has 0 fully saturated rings. The van der Waals surface area contributed by atoms with Gasteiger partial charge in [0.2, 0.25) is 0 Å². The number of nitro benzene ring substituents is 1. The van der Waals surface area contributed by atoms with Crippen molar-refractivity contribution in [2.45, 2.75) is 13.3 Å². The zero-order chi connectivity index (χ0) is 12.7.